The van der Waals surface area contributed by atoms with Crippen LogP contribution in [-0.4, -0.2) is 36.7 Å². The third-order valence-electron chi connectivity index (χ3n) is 7.28. The molecule has 180 valence electrons. The van der Waals surface area contributed by atoms with Gasteiger partial charge >= 0.3 is 13.1 Å². The van der Waals surface area contributed by atoms with Crippen molar-refractivity contribution < 1.29 is 23.6 Å². The van der Waals surface area contributed by atoms with Gasteiger partial charge in [0.05, 0.1) is 16.9 Å². The Hall–Kier alpha value is -2.64. The number of hydrogen-bond acceptors (Lipinski definition) is 5. The number of hydrogen-bond donors (Lipinski definition) is 0. The molecule has 0 unspecified atom stereocenters. The van der Waals surface area contributed by atoms with Crippen LogP contribution >= 0.6 is 0 Å². The predicted octanol–water partition coefficient (Wildman–Crippen LogP) is 4.38. The maximum atomic E-state index is 13.6. The van der Waals surface area contributed by atoms with E-state index >= 15 is 0 Å². The average Bonchev–Trinajstić information content (AvgIpc) is 2.98. The van der Waals surface area contributed by atoms with Gasteiger partial charge in [-0.3, -0.25) is 9.59 Å². The van der Waals surface area contributed by atoms with Crippen LogP contribution in [0.1, 0.15) is 81.4 Å². The van der Waals surface area contributed by atoms with Gasteiger partial charge in [-0.1, -0.05) is 38.1 Å². The third-order valence-corrected chi connectivity index (χ3v) is 7.28. The number of rotatable bonds is 5. The van der Waals surface area contributed by atoms with Gasteiger partial charge in [0.1, 0.15) is 6.61 Å². The molecule has 4 rings (SSSR count). The topological polar surface area (TPSA) is 65.1 Å². The Bertz CT molecular complexity index is 1110. The molecule has 0 atom stereocenters. The van der Waals surface area contributed by atoms with Crippen molar-refractivity contribution in [1.29, 1.82) is 0 Å². The quantitative estimate of drug-likeness (QED) is 0.487. The van der Waals surface area contributed by atoms with E-state index in [-0.39, 0.29) is 18.5 Å². The molecular formula is C27H34BNO5. The Morgan fingerprint density at radius 2 is 1.79 bits per heavy atom. The number of amides is 1. The highest BCUT2D eigenvalue weighted by Crippen LogP contribution is 2.38. The van der Waals surface area contributed by atoms with Crippen LogP contribution in [0, 0.1) is 0 Å². The molecular weight excluding hydrogens is 429 g/mol. The Morgan fingerprint density at radius 3 is 2.41 bits per heavy atom. The van der Waals surface area contributed by atoms with Gasteiger partial charge in [-0.15, -0.1) is 0 Å². The summed E-state index contributed by atoms with van der Waals surface area (Å²) in [7, 11) is -0.628. The van der Waals surface area contributed by atoms with Gasteiger partial charge < -0.3 is 18.9 Å². The molecule has 0 spiro atoms. The van der Waals surface area contributed by atoms with E-state index < -0.39 is 18.3 Å². The molecule has 0 saturated carbocycles. The summed E-state index contributed by atoms with van der Waals surface area (Å²) in [5, 5.41) is 0. The SMILES string of the molecule is CC(=O)OCc1c(B2OC(C)(C)C(C)(C)O2)cccc1N1CCc2cc(C(C)C)ccc2C1=O. The summed E-state index contributed by atoms with van der Waals surface area (Å²) in [4.78, 5) is 27.1. The fourth-order valence-corrected chi connectivity index (χ4v) is 4.46. The predicted molar refractivity (Wildman–Crippen MR) is 134 cm³/mol. The Morgan fingerprint density at radius 1 is 1.12 bits per heavy atom. The molecule has 2 aliphatic rings. The fraction of sp³-hybridized carbons (Fsp3) is 0.481. The van der Waals surface area contributed by atoms with Gasteiger partial charge in [-0.25, -0.2) is 0 Å². The van der Waals surface area contributed by atoms with E-state index in [1.54, 1.807) is 4.90 Å². The summed E-state index contributed by atoms with van der Waals surface area (Å²) in [6.07, 6.45) is 0.759. The normalized spacial score (nSPS) is 18.9. The highest BCUT2D eigenvalue weighted by Gasteiger charge is 2.52. The molecule has 7 heteroatoms. The van der Waals surface area contributed by atoms with Crippen LogP contribution in [0.5, 0.6) is 0 Å². The number of esters is 1. The number of fused-ring (bicyclic) bond motifs is 1. The van der Waals surface area contributed by atoms with Crippen molar-refractivity contribution in [1.82, 2.24) is 0 Å². The Balaban J connectivity index is 1.74. The lowest BCUT2D eigenvalue weighted by Gasteiger charge is -2.32. The molecule has 0 radical (unpaired) electrons. The van der Waals surface area contributed by atoms with Gasteiger partial charge in [0.2, 0.25) is 0 Å². The van der Waals surface area contributed by atoms with Crippen LogP contribution in [0.25, 0.3) is 0 Å². The molecule has 0 bridgehead atoms. The number of nitrogens with zero attached hydrogens (tertiary/aromatic N) is 1. The van der Waals surface area contributed by atoms with E-state index in [0.29, 0.717) is 12.5 Å². The average molecular weight is 463 g/mol. The van der Waals surface area contributed by atoms with Gasteiger partial charge in [-0.05, 0) is 68.8 Å². The van der Waals surface area contributed by atoms with Crippen LogP contribution in [0.2, 0.25) is 0 Å². The molecule has 1 amide bonds. The maximum absolute atomic E-state index is 13.6. The maximum Gasteiger partial charge on any atom is 0.495 e. The van der Waals surface area contributed by atoms with Crippen LogP contribution in [0.4, 0.5) is 5.69 Å². The summed E-state index contributed by atoms with van der Waals surface area (Å²) in [5.74, 6) is -0.0248. The van der Waals surface area contributed by atoms with Crippen molar-refractivity contribution in [3.8, 4) is 0 Å². The van der Waals surface area contributed by atoms with Gasteiger partial charge in [0.25, 0.3) is 5.91 Å². The number of carbonyl (C=O) groups excluding carboxylic acids is 2. The van der Waals surface area contributed by atoms with Crippen molar-refractivity contribution in [3.63, 3.8) is 0 Å². The number of ether oxygens (including phenoxy) is 1. The van der Waals surface area contributed by atoms with Crippen molar-refractivity contribution in [2.75, 3.05) is 11.4 Å². The van der Waals surface area contributed by atoms with Crippen LogP contribution in [0.15, 0.2) is 36.4 Å². The summed E-state index contributed by atoms with van der Waals surface area (Å²) < 4.78 is 18.0. The second-order valence-electron chi connectivity index (χ2n) is 10.5. The first-order valence-corrected chi connectivity index (χ1v) is 12.0. The highest BCUT2D eigenvalue weighted by atomic mass is 16.7. The molecule has 34 heavy (non-hydrogen) atoms. The lowest BCUT2D eigenvalue weighted by atomic mass is 9.75. The highest BCUT2D eigenvalue weighted by molar-refractivity contribution is 6.62. The fourth-order valence-electron chi connectivity index (χ4n) is 4.46. The summed E-state index contributed by atoms with van der Waals surface area (Å²) in [6, 6.07) is 11.8. The molecule has 0 N–H and O–H groups in total. The van der Waals surface area contributed by atoms with E-state index in [9.17, 15) is 9.59 Å². The molecule has 2 aromatic carbocycles. The molecule has 2 aromatic rings. The Labute approximate surface area is 202 Å². The Kier molecular flexibility index (Phi) is 6.38. The second kappa shape index (κ2) is 8.86. The van der Waals surface area contributed by atoms with Crippen molar-refractivity contribution >= 4 is 30.1 Å². The lowest BCUT2D eigenvalue weighted by Crippen LogP contribution is -2.42. The van der Waals surface area contributed by atoms with E-state index in [1.807, 2.05) is 58.0 Å². The third kappa shape index (κ3) is 4.39. The summed E-state index contributed by atoms with van der Waals surface area (Å²) >= 11 is 0. The minimum absolute atomic E-state index is 0.0356. The zero-order chi connectivity index (χ0) is 24.8. The van der Waals surface area contributed by atoms with E-state index in [4.69, 9.17) is 14.0 Å². The monoisotopic (exact) mass is 463 g/mol. The van der Waals surface area contributed by atoms with Crippen molar-refractivity contribution in [2.24, 2.45) is 0 Å². The minimum atomic E-state index is -0.628. The van der Waals surface area contributed by atoms with E-state index in [1.165, 1.54) is 12.5 Å². The van der Waals surface area contributed by atoms with E-state index in [2.05, 4.69) is 19.9 Å². The van der Waals surface area contributed by atoms with Crippen LogP contribution in [-0.2, 0) is 31.9 Å². The van der Waals surface area contributed by atoms with Gasteiger partial charge in [0, 0.05) is 24.6 Å². The molecule has 1 saturated heterocycles. The molecule has 6 nitrogen and oxygen atoms in total. The number of anilines is 1. The van der Waals surface area contributed by atoms with Crippen molar-refractivity contribution in [2.45, 2.75) is 78.6 Å². The second-order valence-corrected chi connectivity index (χ2v) is 10.5. The van der Waals surface area contributed by atoms with Crippen molar-refractivity contribution in [3.05, 3.63) is 58.7 Å². The zero-order valence-electron chi connectivity index (χ0n) is 21.2. The first kappa shape index (κ1) is 24.5. The largest absolute Gasteiger partial charge is 0.495 e. The number of carbonyl (C=O) groups is 2. The zero-order valence-corrected chi connectivity index (χ0v) is 21.2. The molecule has 1 fully saturated rings. The van der Waals surface area contributed by atoms with Crippen LogP contribution in [0.3, 0.4) is 0 Å². The van der Waals surface area contributed by atoms with Crippen LogP contribution < -0.4 is 10.4 Å². The van der Waals surface area contributed by atoms with Gasteiger partial charge in [-0.2, -0.15) is 0 Å². The number of benzene rings is 2. The first-order chi connectivity index (χ1) is 15.9. The van der Waals surface area contributed by atoms with Gasteiger partial charge in [0.15, 0.2) is 0 Å². The molecule has 0 aliphatic carbocycles. The molecule has 2 aliphatic heterocycles. The minimum Gasteiger partial charge on any atom is -0.461 e. The molecule has 2 heterocycles. The smallest absolute Gasteiger partial charge is 0.461 e. The van der Waals surface area contributed by atoms with E-state index in [0.717, 1.165) is 34.3 Å². The summed E-state index contributed by atoms with van der Waals surface area (Å²) in [5.41, 5.74) is 4.22. The summed E-state index contributed by atoms with van der Waals surface area (Å²) in [6.45, 7) is 14.3. The standard InChI is InChI=1S/C27H34BNO5/c1-17(2)19-11-12-21-20(15-19)13-14-29(25(21)31)24-10-8-9-23(22(24)16-32-18(3)30)28-33-26(4,5)27(6,7)34-28/h8-12,15,17H,13-14,16H2,1-7H3. The lowest BCUT2D eigenvalue weighted by molar-refractivity contribution is -0.142. The first-order valence-electron chi connectivity index (χ1n) is 12.0. The molecule has 0 aromatic heterocycles.